The highest BCUT2D eigenvalue weighted by Gasteiger charge is 2.62. The molecule has 3 fully saturated rings. The summed E-state index contributed by atoms with van der Waals surface area (Å²) in [6, 6.07) is 9.46. The molecule has 2 aromatic rings. The summed E-state index contributed by atoms with van der Waals surface area (Å²) < 4.78 is 7.59. The Morgan fingerprint density at radius 2 is 1.83 bits per heavy atom. The van der Waals surface area contributed by atoms with Gasteiger partial charge in [-0.3, -0.25) is 14.3 Å². The highest BCUT2D eigenvalue weighted by Crippen LogP contribution is 2.49. The summed E-state index contributed by atoms with van der Waals surface area (Å²) in [5, 5.41) is 4.20. The molecule has 2 amide bonds. The van der Waals surface area contributed by atoms with E-state index >= 15 is 0 Å². The van der Waals surface area contributed by atoms with E-state index in [0.717, 1.165) is 18.4 Å². The average Bonchev–Trinajstić information content (AvgIpc) is 3.33. The minimum Gasteiger partial charge on any atom is -0.373 e. The zero-order valence-electron chi connectivity index (χ0n) is 13.0. The molecule has 24 heavy (non-hydrogen) atoms. The number of amides is 2. The molecule has 2 bridgehead atoms. The van der Waals surface area contributed by atoms with Crippen LogP contribution < -0.4 is 4.90 Å². The molecule has 0 aliphatic carbocycles. The van der Waals surface area contributed by atoms with E-state index in [9.17, 15) is 9.59 Å². The lowest BCUT2D eigenvalue weighted by Gasteiger charge is -2.18. The Bertz CT molecular complexity index is 789. The number of rotatable bonds is 3. The molecular formula is C18H17N3O3. The van der Waals surface area contributed by atoms with E-state index in [1.165, 1.54) is 4.90 Å². The standard InChI is InChI=1S/C18H17N3O3/c22-17-15-13-5-6-14(24-13)16(15)18(23)21(17)12-4-1-3-11(9-12)10-20-8-2-7-19-20/h1-4,7-9,13-16H,5-6,10H2/t13-,14-,15+,16+/m1/s1. The lowest BCUT2D eigenvalue weighted by molar-refractivity contribution is -0.124. The second kappa shape index (κ2) is 5.01. The molecule has 0 radical (unpaired) electrons. The molecule has 4 heterocycles. The number of fused-ring (bicyclic) bond motifs is 5. The first-order chi connectivity index (χ1) is 11.7. The van der Waals surface area contributed by atoms with Crippen molar-refractivity contribution in [2.24, 2.45) is 11.8 Å². The van der Waals surface area contributed by atoms with Crippen LogP contribution in [0.4, 0.5) is 5.69 Å². The highest BCUT2D eigenvalue weighted by atomic mass is 16.5. The molecule has 0 N–H and O–H groups in total. The van der Waals surface area contributed by atoms with Crippen LogP contribution in [-0.4, -0.2) is 33.8 Å². The summed E-state index contributed by atoms with van der Waals surface area (Å²) >= 11 is 0. The topological polar surface area (TPSA) is 64.4 Å². The monoisotopic (exact) mass is 323 g/mol. The van der Waals surface area contributed by atoms with Crippen molar-refractivity contribution in [2.45, 2.75) is 31.6 Å². The van der Waals surface area contributed by atoms with Crippen molar-refractivity contribution in [1.29, 1.82) is 0 Å². The van der Waals surface area contributed by atoms with E-state index < -0.39 is 0 Å². The van der Waals surface area contributed by atoms with Gasteiger partial charge in [-0.05, 0) is 36.6 Å². The number of aromatic nitrogens is 2. The van der Waals surface area contributed by atoms with Crippen LogP contribution in [0.25, 0.3) is 0 Å². The summed E-state index contributed by atoms with van der Waals surface area (Å²) in [6.07, 6.45) is 5.24. The average molecular weight is 323 g/mol. The maximum atomic E-state index is 12.8. The van der Waals surface area contributed by atoms with Crippen molar-refractivity contribution >= 4 is 17.5 Å². The van der Waals surface area contributed by atoms with Crippen LogP contribution in [0.2, 0.25) is 0 Å². The Balaban J connectivity index is 1.46. The smallest absolute Gasteiger partial charge is 0.240 e. The van der Waals surface area contributed by atoms with Crippen molar-refractivity contribution < 1.29 is 14.3 Å². The number of ether oxygens (including phenoxy) is 1. The number of carbonyl (C=O) groups is 2. The van der Waals surface area contributed by atoms with E-state index in [2.05, 4.69) is 5.10 Å². The lowest BCUT2D eigenvalue weighted by atomic mass is 9.81. The van der Waals surface area contributed by atoms with E-state index in [1.54, 1.807) is 6.20 Å². The predicted molar refractivity (Wildman–Crippen MR) is 85.1 cm³/mol. The molecule has 122 valence electrons. The predicted octanol–water partition coefficient (Wildman–Crippen LogP) is 1.60. The molecule has 5 rings (SSSR count). The molecule has 3 aliphatic rings. The Hall–Kier alpha value is -2.47. The van der Waals surface area contributed by atoms with Crippen LogP contribution in [0.5, 0.6) is 0 Å². The first kappa shape index (κ1) is 13.9. The summed E-state index contributed by atoms with van der Waals surface area (Å²) in [7, 11) is 0. The van der Waals surface area contributed by atoms with Crippen LogP contribution in [0.1, 0.15) is 18.4 Å². The van der Waals surface area contributed by atoms with E-state index in [-0.39, 0.29) is 35.9 Å². The van der Waals surface area contributed by atoms with Crippen molar-refractivity contribution in [2.75, 3.05) is 4.90 Å². The number of anilines is 1. The van der Waals surface area contributed by atoms with Crippen molar-refractivity contribution in [3.8, 4) is 0 Å². The van der Waals surface area contributed by atoms with Crippen LogP contribution in [-0.2, 0) is 20.9 Å². The minimum atomic E-state index is -0.286. The lowest BCUT2D eigenvalue weighted by Crippen LogP contribution is -2.34. The van der Waals surface area contributed by atoms with E-state index in [4.69, 9.17) is 4.74 Å². The molecule has 6 nitrogen and oxygen atoms in total. The fourth-order valence-electron chi connectivity index (χ4n) is 4.34. The summed E-state index contributed by atoms with van der Waals surface area (Å²) in [6.45, 7) is 0.609. The maximum Gasteiger partial charge on any atom is 0.240 e. The molecule has 1 aromatic carbocycles. The number of imide groups is 1. The van der Waals surface area contributed by atoms with Crippen molar-refractivity contribution in [3.05, 3.63) is 48.3 Å². The van der Waals surface area contributed by atoms with Gasteiger partial charge in [0.2, 0.25) is 11.8 Å². The fraction of sp³-hybridized carbons (Fsp3) is 0.389. The van der Waals surface area contributed by atoms with Gasteiger partial charge in [0.05, 0.1) is 36.3 Å². The third kappa shape index (κ3) is 1.89. The van der Waals surface area contributed by atoms with Crippen LogP contribution >= 0.6 is 0 Å². The van der Waals surface area contributed by atoms with Gasteiger partial charge in [-0.15, -0.1) is 0 Å². The number of hydrogen-bond donors (Lipinski definition) is 0. The number of hydrogen-bond acceptors (Lipinski definition) is 4. The van der Waals surface area contributed by atoms with Gasteiger partial charge in [0.25, 0.3) is 0 Å². The zero-order valence-corrected chi connectivity index (χ0v) is 13.0. The molecular weight excluding hydrogens is 306 g/mol. The van der Waals surface area contributed by atoms with Gasteiger partial charge in [-0.2, -0.15) is 5.10 Å². The SMILES string of the molecule is O=C1[C@@H]2[C@@H](C(=O)N1c1cccc(Cn3cccn3)c1)[C@H]1CC[C@H]2O1. The Morgan fingerprint density at radius 3 is 2.50 bits per heavy atom. The molecule has 0 spiro atoms. The number of benzene rings is 1. The van der Waals surface area contributed by atoms with Crippen molar-refractivity contribution in [1.82, 2.24) is 9.78 Å². The van der Waals surface area contributed by atoms with Gasteiger partial charge < -0.3 is 4.74 Å². The maximum absolute atomic E-state index is 12.8. The fourth-order valence-corrected chi connectivity index (χ4v) is 4.34. The van der Waals surface area contributed by atoms with E-state index in [1.807, 2.05) is 41.2 Å². The second-order valence-corrected chi connectivity index (χ2v) is 6.73. The molecule has 1 aromatic heterocycles. The molecule has 6 heteroatoms. The Morgan fingerprint density at radius 1 is 1.08 bits per heavy atom. The van der Waals surface area contributed by atoms with Crippen molar-refractivity contribution in [3.63, 3.8) is 0 Å². The number of nitrogens with zero attached hydrogens (tertiary/aromatic N) is 3. The third-order valence-electron chi connectivity index (χ3n) is 5.36. The normalized spacial score (nSPS) is 31.1. The molecule has 0 saturated carbocycles. The zero-order chi connectivity index (χ0) is 16.3. The van der Waals surface area contributed by atoms with Gasteiger partial charge in [0.1, 0.15) is 0 Å². The quantitative estimate of drug-likeness (QED) is 0.805. The Kier molecular flexibility index (Phi) is 2.91. The first-order valence-electron chi connectivity index (χ1n) is 8.32. The molecule has 3 saturated heterocycles. The Labute approximate surface area is 139 Å². The van der Waals surface area contributed by atoms with Crippen LogP contribution in [0.3, 0.4) is 0 Å². The summed E-state index contributed by atoms with van der Waals surface area (Å²) in [5.41, 5.74) is 1.66. The summed E-state index contributed by atoms with van der Waals surface area (Å²) in [5.74, 6) is -0.779. The van der Waals surface area contributed by atoms with Gasteiger partial charge in [0.15, 0.2) is 0 Å². The molecule has 3 aliphatic heterocycles. The summed E-state index contributed by atoms with van der Waals surface area (Å²) in [4.78, 5) is 27.0. The van der Waals surface area contributed by atoms with Crippen LogP contribution in [0.15, 0.2) is 42.7 Å². The van der Waals surface area contributed by atoms with Gasteiger partial charge in [-0.1, -0.05) is 12.1 Å². The number of carbonyl (C=O) groups excluding carboxylic acids is 2. The highest BCUT2D eigenvalue weighted by molar-refractivity contribution is 6.22. The minimum absolute atomic E-state index is 0.0753. The molecule has 0 unspecified atom stereocenters. The third-order valence-corrected chi connectivity index (χ3v) is 5.36. The second-order valence-electron chi connectivity index (χ2n) is 6.73. The van der Waals surface area contributed by atoms with Gasteiger partial charge >= 0.3 is 0 Å². The van der Waals surface area contributed by atoms with Gasteiger partial charge in [-0.25, -0.2) is 4.90 Å². The van der Waals surface area contributed by atoms with Crippen LogP contribution in [0, 0.1) is 11.8 Å². The largest absolute Gasteiger partial charge is 0.373 e. The van der Waals surface area contributed by atoms with E-state index in [0.29, 0.717) is 12.2 Å². The van der Waals surface area contributed by atoms with Gasteiger partial charge in [0, 0.05) is 12.4 Å². The molecule has 4 atom stereocenters. The first-order valence-corrected chi connectivity index (χ1v) is 8.32.